The van der Waals surface area contributed by atoms with Gasteiger partial charge in [-0.25, -0.2) is 4.68 Å². The van der Waals surface area contributed by atoms with E-state index in [2.05, 4.69) is 17.3 Å². The van der Waals surface area contributed by atoms with Crippen LogP contribution in [0.15, 0.2) is 42.5 Å². The molecule has 1 heterocycles. The lowest BCUT2D eigenvalue weighted by atomic mass is 10.0. The molecule has 0 saturated heterocycles. The first-order valence-corrected chi connectivity index (χ1v) is 11.1. The Morgan fingerprint density at radius 3 is 2.32 bits per heavy atom. The Bertz CT molecular complexity index is 1110. The van der Waals surface area contributed by atoms with Crippen molar-refractivity contribution >= 4 is 46.5 Å². The smallest absolute Gasteiger partial charge is 0.294 e. The molecule has 0 aliphatic heterocycles. The number of aromatic nitrogens is 2. The third kappa shape index (κ3) is 5.29. The maximum Gasteiger partial charge on any atom is 0.294 e. The number of rotatable bonds is 8. The zero-order valence-corrected chi connectivity index (χ0v) is 19.5. The average Bonchev–Trinajstić information content (AvgIpc) is 3.08. The van der Waals surface area contributed by atoms with Gasteiger partial charge in [0.15, 0.2) is 0 Å². The molecule has 3 aromatic rings. The number of unbranched alkanes of at least 4 members (excludes halogenated alkanes) is 2. The van der Waals surface area contributed by atoms with E-state index >= 15 is 0 Å². The largest absolute Gasteiger partial charge is 0.349 e. The number of hydrogen-bond donors (Lipinski definition) is 1. The van der Waals surface area contributed by atoms with Crippen molar-refractivity contribution < 1.29 is 9.59 Å². The highest BCUT2D eigenvalue weighted by Gasteiger charge is 2.27. The van der Waals surface area contributed by atoms with Gasteiger partial charge < -0.3 is 5.32 Å². The maximum absolute atomic E-state index is 12.9. The van der Waals surface area contributed by atoms with Gasteiger partial charge in [0.05, 0.1) is 16.4 Å². The number of nitrogens with zero attached hydrogens (tertiary/aromatic N) is 2. The molecule has 0 bridgehead atoms. The summed E-state index contributed by atoms with van der Waals surface area (Å²) in [7, 11) is 0. The normalized spacial score (nSPS) is 10.9. The van der Waals surface area contributed by atoms with Gasteiger partial charge in [-0.3, -0.25) is 9.59 Å². The van der Waals surface area contributed by atoms with Crippen LogP contribution in [-0.2, 0) is 4.79 Å². The van der Waals surface area contributed by atoms with Crippen molar-refractivity contribution in [2.45, 2.75) is 33.1 Å². The van der Waals surface area contributed by atoms with Crippen molar-refractivity contribution in [3.63, 3.8) is 0 Å². The lowest BCUT2D eigenvalue weighted by Gasteiger charge is -2.11. The van der Waals surface area contributed by atoms with Gasteiger partial charge in [-0.1, -0.05) is 66.7 Å². The Kier molecular flexibility index (Phi) is 7.76. The van der Waals surface area contributed by atoms with Gasteiger partial charge in [0.1, 0.15) is 5.69 Å². The molecular weight excluding hydrogens is 457 g/mol. The molecule has 5 nitrogen and oxygen atoms in total. The summed E-state index contributed by atoms with van der Waals surface area (Å²) >= 11 is 18.5. The van der Waals surface area contributed by atoms with E-state index in [1.165, 1.54) is 0 Å². The monoisotopic (exact) mass is 477 g/mol. The van der Waals surface area contributed by atoms with E-state index in [1.54, 1.807) is 41.9 Å². The van der Waals surface area contributed by atoms with Crippen molar-refractivity contribution in [3.05, 3.63) is 68.8 Å². The van der Waals surface area contributed by atoms with Crippen molar-refractivity contribution in [3.8, 4) is 16.9 Å². The molecule has 0 saturated carbocycles. The molecule has 3 rings (SSSR count). The molecule has 8 heteroatoms. The van der Waals surface area contributed by atoms with Crippen molar-refractivity contribution in [1.29, 1.82) is 0 Å². The minimum absolute atomic E-state index is 0.0731. The topological polar surface area (TPSA) is 64.0 Å². The second kappa shape index (κ2) is 10.3. The molecule has 1 amide bonds. The summed E-state index contributed by atoms with van der Waals surface area (Å²) in [4.78, 5) is 25.3. The number of hydrogen-bond acceptors (Lipinski definition) is 3. The molecule has 0 aliphatic carbocycles. The molecule has 31 heavy (non-hydrogen) atoms. The first-order valence-electron chi connectivity index (χ1n) is 9.97. The summed E-state index contributed by atoms with van der Waals surface area (Å²) in [5, 5.41) is 8.59. The Labute approximate surface area is 196 Å². The van der Waals surface area contributed by atoms with E-state index in [0.717, 1.165) is 24.8 Å². The van der Waals surface area contributed by atoms with Gasteiger partial charge >= 0.3 is 0 Å². The number of carbonyl (C=O) groups excluding carboxylic acids is 2. The number of benzene rings is 2. The first kappa shape index (κ1) is 23.3. The fourth-order valence-corrected chi connectivity index (χ4v) is 3.86. The molecule has 162 valence electrons. The highest BCUT2D eigenvalue weighted by atomic mass is 35.5. The predicted octanol–water partition coefficient (Wildman–Crippen LogP) is 6.30. The first-order chi connectivity index (χ1) is 14.8. The third-order valence-electron chi connectivity index (χ3n) is 4.86. The van der Waals surface area contributed by atoms with Crippen LogP contribution in [0.1, 0.15) is 42.2 Å². The van der Waals surface area contributed by atoms with E-state index in [1.807, 2.05) is 12.1 Å². The van der Waals surface area contributed by atoms with Crippen LogP contribution < -0.4 is 5.32 Å². The summed E-state index contributed by atoms with van der Waals surface area (Å²) in [6, 6.07) is 12.2. The Morgan fingerprint density at radius 2 is 1.68 bits per heavy atom. The van der Waals surface area contributed by atoms with Crippen molar-refractivity contribution in [2.75, 3.05) is 6.54 Å². The molecular formula is C23H22Cl3N3O2. The van der Waals surface area contributed by atoms with Crippen LogP contribution in [0.2, 0.25) is 15.1 Å². The minimum atomic E-state index is -0.687. The standard InChI is InChI=1S/C23H22Cl3N3O2/c1-3-4-5-12-27-23(31)22(30)20-14(2)21(15-6-8-16(24)9-7-15)29(28-20)19-11-10-17(25)13-18(19)26/h6-11,13H,3-5,12H2,1-2H3,(H,27,31). The Balaban J connectivity index is 2.07. The zero-order chi connectivity index (χ0) is 22.5. The highest BCUT2D eigenvalue weighted by molar-refractivity contribution is 6.42. The van der Waals surface area contributed by atoms with Gasteiger partial charge in [-0.15, -0.1) is 0 Å². The van der Waals surface area contributed by atoms with E-state index < -0.39 is 11.7 Å². The SMILES string of the molecule is CCCCCNC(=O)C(=O)c1nn(-c2ccc(Cl)cc2Cl)c(-c2ccc(Cl)cc2)c1C. The summed E-state index contributed by atoms with van der Waals surface area (Å²) in [5.74, 6) is -1.36. The molecule has 2 aromatic carbocycles. The number of carbonyl (C=O) groups is 2. The quantitative estimate of drug-likeness (QED) is 0.235. The van der Waals surface area contributed by atoms with Gasteiger partial charge in [-0.05, 0) is 43.7 Å². The summed E-state index contributed by atoms with van der Waals surface area (Å²) in [6.07, 6.45) is 2.83. The van der Waals surface area contributed by atoms with Crippen LogP contribution in [0.3, 0.4) is 0 Å². The molecule has 0 aliphatic rings. The van der Waals surface area contributed by atoms with E-state index in [9.17, 15) is 9.59 Å². The maximum atomic E-state index is 12.9. The summed E-state index contributed by atoms with van der Waals surface area (Å²) in [6.45, 7) is 4.28. The van der Waals surface area contributed by atoms with Crippen LogP contribution in [0, 0.1) is 6.92 Å². The second-order valence-corrected chi connectivity index (χ2v) is 8.41. The molecule has 0 atom stereocenters. The van der Waals surface area contributed by atoms with Crippen LogP contribution in [0.5, 0.6) is 0 Å². The zero-order valence-electron chi connectivity index (χ0n) is 17.2. The number of ketones is 1. The number of Topliss-reactive ketones (excluding diaryl/α,β-unsaturated/α-hetero) is 1. The Morgan fingerprint density at radius 1 is 1.00 bits per heavy atom. The molecule has 0 radical (unpaired) electrons. The summed E-state index contributed by atoms with van der Waals surface area (Å²) < 4.78 is 1.56. The predicted molar refractivity (Wildman–Crippen MR) is 126 cm³/mol. The van der Waals surface area contributed by atoms with Crippen molar-refractivity contribution in [2.24, 2.45) is 0 Å². The number of amides is 1. The van der Waals surface area contributed by atoms with E-state index in [0.29, 0.717) is 38.6 Å². The fraction of sp³-hybridized carbons (Fsp3) is 0.261. The van der Waals surface area contributed by atoms with Gasteiger partial charge in [0.25, 0.3) is 11.7 Å². The number of nitrogens with one attached hydrogen (secondary N) is 1. The fourth-order valence-electron chi connectivity index (χ4n) is 3.25. The van der Waals surface area contributed by atoms with Gasteiger partial charge in [0, 0.05) is 27.7 Å². The lowest BCUT2D eigenvalue weighted by Crippen LogP contribution is -2.32. The van der Waals surface area contributed by atoms with Crippen LogP contribution in [-0.4, -0.2) is 28.0 Å². The third-order valence-corrected chi connectivity index (χ3v) is 5.65. The summed E-state index contributed by atoms with van der Waals surface area (Å²) in [5.41, 5.74) is 2.61. The van der Waals surface area contributed by atoms with Crippen LogP contribution in [0.25, 0.3) is 16.9 Å². The number of halogens is 3. The van der Waals surface area contributed by atoms with Gasteiger partial charge in [-0.2, -0.15) is 5.10 Å². The minimum Gasteiger partial charge on any atom is -0.349 e. The Hall–Kier alpha value is -2.34. The van der Waals surface area contributed by atoms with Gasteiger partial charge in [0.2, 0.25) is 0 Å². The lowest BCUT2D eigenvalue weighted by molar-refractivity contribution is -0.117. The highest BCUT2D eigenvalue weighted by Crippen LogP contribution is 2.33. The molecule has 0 fully saturated rings. The molecule has 0 unspecified atom stereocenters. The second-order valence-electron chi connectivity index (χ2n) is 7.13. The molecule has 0 spiro atoms. The molecule has 1 aromatic heterocycles. The van der Waals surface area contributed by atoms with Crippen molar-refractivity contribution in [1.82, 2.24) is 15.1 Å². The van der Waals surface area contributed by atoms with Crippen LogP contribution >= 0.6 is 34.8 Å². The van der Waals surface area contributed by atoms with E-state index in [-0.39, 0.29) is 5.69 Å². The average molecular weight is 479 g/mol. The van der Waals surface area contributed by atoms with Crippen LogP contribution in [0.4, 0.5) is 0 Å². The van der Waals surface area contributed by atoms with E-state index in [4.69, 9.17) is 34.8 Å². The molecule has 1 N–H and O–H groups in total.